The summed E-state index contributed by atoms with van der Waals surface area (Å²) >= 11 is 0. The lowest BCUT2D eigenvalue weighted by Gasteiger charge is -2.12. The molecule has 0 fully saturated rings. The summed E-state index contributed by atoms with van der Waals surface area (Å²) in [4.78, 5) is 23.8. The molecule has 7 nitrogen and oxygen atoms in total. The first-order valence-corrected chi connectivity index (χ1v) is 9.11. The van der Waals surface area contributed by atoms with Gasteiger partial charge in [-0.2, -0.15) is 0 Å². The van der Waals surface area contributed by atoms with Gasteiger partial charge in [0.15, 0.2) is 0 Å². The molecular weight excluding hydrogens is 387 g/mol. The van der Waals surface area contributed by atoms with E-state index in [1.807, 2.05) is 18.2 Å². The largest absolute Gasteiger partial charge is 0.487 e. The Morgan fingerprint density at radius 3 is 2.67 bits per heavy atom. The van der Waals surface area contributed by atoms with Crippen molar-refractivity contribution in [2.75, 3.05) is 5.32 Å². The fourth-order valence-corrected chi connectivity index (χ4v) is 2.82. The number of aromatic nitrogens is 3. The monoisotopic (exact) mass is 404 g/mol. The van der Waals surface area contributed by atoms with E-state index in [9.17, 15) is 9.18 Å². The van der Waals surface area contributed by atoms with Gasteiger partial charge in [-0.15, -0.1) is 0 Å². The second kappa shape index (κ2) is 8.52. The first-order valence-electron chi connectivity index (χ1n) is 9.11. The van der Waals surface area contributed by atoms with Crippen LogP contribution in [0, 0.1) is 5.82 Å². The molecule has 0 saturated carbocycles. The average Bonchev–Trinajstić information content (AvgIpc) is 2.74. The molecule has 8 heteroatoms. The van der Waals surface area contributed by atoms with Crippen LogP contribution >= 0.6 is 0 Å². The third kappa shape index (κ3) is 4.49. The number of halogens is 1. The quantitative estimate of drug-likeness (QED) is 0.376. The minimum atomic E-state index is -0.503. The van der Waals surface area contributed by atoms with Gasteiger partial charge in [0.25, 0.3) is 0 Å². The lowest BCUT2D eigenvalue weighted by molar-refractivity contribution is -0.131. The standard InChI is InChI=1S/C22H17FN4O3/c1-14(28)30-17-6-7-20-18(10-17)22(26-13-25-20)27-21-8-5-16(11-19(21)23)29-12-15-4-2-3-9-24-15/h2-11,13H,12H2,1H3,(H,25,26,27). The molecule has 4 rings (SSSR count). The molecule has 0 unspecified atom stereocenters. The number of esters is 1. The number of rotatable bonds is 6. The van der Waals surface area contributed by atoms with Gasteiger partial charge in [-0.1, -0.05) is 6.07 Å². The van der Waals surface area contributed by atoms with Crippen molar-refractivity contribution in [3.8, 4) is 11.5 Å². The summed E-state index contributed by atoms with van der Waals surface area (Å²) in [5.74, 6) is 0.180. The number of anilines is 2. The number of carbonyl (C=O) groups is 1. The maximum Gasteiger partial charge on any atom is 0.308 e. The molecule has 2 aromatic carbocycles. The highest BCUT2D eigenvalue weighted by Crippen LogP contribution is 2.29. The lowest BCUT2D eigenvalue weighted by Crippen LogP contribution is -2.02. The Kier molecular flexibility index (Phi) is 5.47. The van der Waals surface area contributed by atoms with Gasteiger partial charge in [0.1, 0.15) is 36.1 Å². The number of hydrogen-bond donors (Lipinski definition) is 1. The Morgan fingerprint density at radius 2 is 1.90 bits per heavy atom. The predicted octanol–water partition coefficient (Wildman–Crippen LogP) is 4.41. The Morgan fingerprint density at radius 1 is 1.03 bits per heavy atom. The molecule has 0 bridgehead atoms. The van der Waals surface area contributed by atoms with Gasteiger partial charge in [0, 0.05) is 24.6 Å². The van der Waals surface area contributed by atoms with Crippen LogP contribution in [0.1, 0.15) is 12.6 Å². The molecule has 150 valence electrons. The summed E-state index contributed by atoms with van der Waals surface area (Å²) < 4.78 is 25.4. The van der Waals surface area contributed by atoms with Crippen molar-refractivity contribution in [3.05, 3.63) is 78.6 Å². The fraction of sp³-hybridized carbons (Fsp3) is 0.0909. The van der Waals surface area contributed by atoms with Gasteiger partial charge in [-0.3, -0.25) is 9.78 Å². The van der Waals surface area contributed by atoms with Crippen LogP contribution in [-0.2, 0) is 11.4 Å². The summed E-state index contributed by atoms with van der Waals surface area (Å²) in [6, 6.07) is 15.0. The van der Waals surface area contributed by atoms with Crippen molar-refractivity contribution in [3.63, 3.8) is 0 Å². The Labute approximate surface area is 171 Å². The van der Waals surface area contributed by atoms with Gasteiger partial charge in [0.2, 0.25) is 0 Å². The molecule has 0 atom stereocenters. The molecular formula is C22H17FN4O3. The van der Waals surface area contributed by atoms with E-state index in [-0.39, 0.29) is 12.3 Å². The van der Waals surface area contributed by atoms with Crippen molar-refractivity contribution in [2.45, 2.75) is 13.5 Å². The summed E-state index contributed by atoms with van der Waals surface area (Å²) in [7, 11) is 0. The molecule has 0 radical (unpaired) electrons. The Bertz CT molecular complexity index is 1200. The molecule has 0 amide bonds. The van der Waals surface area contributed by atoms with Crippen LogP contribution in [0.2, 0.25) is 0 Å². The smallest absolute Gasteiger partial charge is 0.308 e. The molecule has 2 aromatic heterocycles. The van der Waals surface area contributed by atoms with Crippen LogP contribution in [-0.4, -0.2) is 20.9 Å². The molecule has 1 N–H and O–H groups in total. The van der Waals surface area contributed by atoms with Crippen LogP contribution in [0.4, 0.5) is 15.9 Å². The van der Waals surface area contributed by atoms with Gasteiger partial charge in [-0.25, -0.2) is 14.4 Å². The average molecular weight is 404 g/mol. The molecule has 0 aliphatic carbocycles. The highest BCUT2D eigenvalue weighted by Gasteiger charge is 2.11. The van der Waals surface area contributed by atoms with Gasteiger partial charge >= 0.3 is 5.97 Å². The maximum absolute atomic E-state index is 14.6. The Balaban J connectivity index is 1.55. The molecule has 0 aliphatic rings. The number of hydrogen-bond acceptors (Lipinski definition) is 7. The lowest BCUT2D eigenvalue weighted by atomic mass is 10.2. The van der Waals surface area contributed by atoms with Crippen LogP contribution < -0.4 is 14.8 Å². The molecule has 0 spiro atoms. The second-order valence-electron chi connectivity index (χ2n) is 6.37. The van der Waals surface area contributed by atoms with E-state index in [1.165, 1.54) is 19.3 Å². The first-order chi connectivity index (χ1) is 14.6. The van der Waals surface area contributed by atoms with E-state index in [4.69, 9.17) is 9.47 Å². The van der Waals surface area contributed by atoms with Gasteiger partial charge < -0.3 is 14.8 Å². The number of nitrogens with one attached hydrogen (secondary N) is 1. The number of benzene rings is 2. The first kappa shape index (κ1) is 19.3. The summed E-state index contributed by atoms with van der Waals surface area (Å²) in [5.41, 5.74) is 1.59. The normalized spacial score (nSPS) is 10.6. The van der Waals surface area contributed by atoms with E-state index in [0.717, 1.165) is 5.69 Å². The summed E-state index contributed by atoms with van der Waals surface area (Å²) in [6.07, 6.45) is 3.05. The number of nitrogens with zero attached hydrogens (tertiary/aromatic N) is 3. The van der Waals surface area contributed by atoms with Crippen LogP contribution in [0.25, 0.3) is 10.9 Å². The van der Waals surface area contributed by atoms with Gasteiger partial charge in [-0.05, 0) is 42.5 Å². The van der Waals surface area contributed by atoms with E-state index in [0.29, 0.717) is 28.2 Å². The van der Waals surface area contributed by atoms with Crippen molar-refractivity contribution in [1.29, 1.82) is 0 Å². The maximum atomic E-state index is 14.6. The molecule has 2 heterocycles. The summed E-state index contributed by atoms with van der Waals surface area (Å²) in [5, 5.41) is 3.55. The number of pyridine rings is 1. The van der Waals surface area contributed by atoms with Crippen LogP contribution in [0.3, 0.4) is 0 Å². The second-order valence-corrected chi connectivity index (χ2v) is 6.37. The van der Waals surface area contributed by atoms with Crippen LogP contribution in [0.5, 0.6) is 11.5 Å². The van der Waals surface area contributed by atoms with E-state index < -0.39 is 11.8 Å². The zero-order valence-electron chi connectivity index (χ0n) is 16.0. The zero-order valence-corrected chi connectivity index (χ0v) is 16.0. The minimum absolute atomic E-state index is 0.220. The van der Waals surface area contributed by atoms with Crippen molar-refractivity contribution >= 4 is 28.4 Å². The van der Waals surface area contributed by atoms with Crippen molar-refractivity contribution < 1.29 is 18.7 Å². The van der Waals surface area contributed by atoms with Gasteiger partial charge in [0.05, 0.1) is 16.9 Å². The topological polar surface area (TPSA) is 86.2 Å². The van der Waals surface area contributed by atoms with E-state index in [2.05, 4.69) is 20.3 Å². The third-order valence-electron chi connectivity index (χ3n) is 4.17. The van der Waals surface area contributed by atoms with E-state index >= 15 is 0 Å². The number of ether oxygens (including phenoxy) is 2. The number of fused-ring (bicyclic) bond motifs is 1. The molecule has 30 heavy (non-hydrogen) atoms. The summed E-state index contributed by atoms with van der Waals surface area (Å²) in [6.45, 7) is 1.56. The predicted molar refractivity (Wildman–Crippen MR) is 109 cm³/mol. The Hall–Kier alpha value is -4.07. The van der Waals surface area contributed by atoms with Crippen molar-refractivity contribution in [1.82, 2.24) is 15.0 Å². The molecule has 0 aliphatic heterocycles. The molecule has 0 saturated heterocycles. The van der Waals surface area contributed by atoms with E-state index in [1.54, 1.807) is 36.5 Å². The van der Waals surface area contributed by atoms with Crippen LogP contribution in [0.15, 0.2) is 67.1 Å². The highest BCUT2D eigenvalue weighted by molar-refractivity contribution is 5.92. The number of carbonyl (C=O) groups excluding carboxylic acids is 1. The highest BCUT2D eigenvalue weighted by atomic mass is 19.1. The van der Waals surface area contributed by atoms with Crippen molar-refractivity contribution in [2.24, 2.45) is 0 Å². The fourth-order valence-electron chi connectivity index (χ4n) is 2.82. The minimum Gasteiger partial charge on any atom is -0.487 e. The molecule has 4 aromatic rings. The zero-order chi connectivity index (χ0) is 20.9. The SMILES string of the molecule is CC(=O)Oc1ccc2ncnc(Nc3ccc(OCc4ccccn4)cc3F)c2c1. The third-order valence-corrected chi connectivity index (χ3v) is 4.17.